The van der Waals surface area contributed by atoms with Crippen LogP contribution in [0, 0.1) is 0 Å². The molecule has 1 heterocycles. The number of hydrogen-bond donors (Lipinski definition) is 1. The van der Waals surface area contributed by atoms with Crippen molar-refractivity contribution in [2.45, 2.75) is 25.6 Å². The minimum absolute atomic E-state index is 0.122. The van der Waals surface area contributed by atoms with E-state index in [2.05, 4.69) is 36.1 Å². The fourth-order valence-electron chi connectivity index (χ4n) is 1.69. The molecule has 0 saturated carbocycles. The second-order valence-electron chi connectivity index (χ2n) is 3.72. The number of nitrogens with zero attached hydrogens (tertiary/aromatic N) is 1. The van der Waals surface area contributed by atoms with Crippen molar-refractivity contribution in [3.05, 3.63) is 35.9 Å². The average molecular weight is 177 g/mol. The predicted molar refractivity (Wildman–Crippen MR) is 52.3 cm³/mol. The summed E-state index contributed by atoms with van der Waals surface area (Å²) in [6, 6.07) is 10.7. The van der Waals surface area contributed by atoms with Gasteiger partial charge in [-0.05, 0) is 12.5 Å². The van der Waals surface area contributed by atoms with Crippen molar-refractivity contribution in [2.75, 3.05) is 6.54 Å². The molecule has 1 N–H and O–H groups in total. The third kappa shape index (κ3) is 1.74. The average Bonchev–Trinajstić information content (AvgIpc) is 2.19. The van der Waals surface area contributed by atoms with Gasteiger partial charge < -0.3 is 5.11 Å². The maximum absolute atomic E-state index is 9.32. The minimum Gasteiger partial charge on any atom is -0.390 e. The summed E-state index contributed by atoms with van der Waals surface area (Å²) < 4.78 is 0. The molecule has 1 saturated heterocycles. The first-order valence-electron chi connectivity index (χ1n) is 4.73. The molecule has 1 aliphatic heterocycles. The highest BCUT2D eigenvalue weighted by atomic mass is 16.3. The van der Waals surface area contributed by atoms with Crippen molar-refractivity contribution in [3.8, 4) is 0 Å². The van der Waals surface area contributed by atoms with Gasteiger partial charge in [0.15, 0.2) is 0 Å². The molecule has 1 aromatic carbocycles. The monoisotopic (exact) mass is 177 g/mol. The molecule has 1 aromatic rings. The molecular formula is C11H15NO. The van der Waals surface area contributed by atoms with Gasteiger partial charge in [0.25, 0.3) is 0 Å². The molecular weight excluding hydrogens is 162 g/mol. The molecule has 1 aliphatic rings. The molecule has 0 unspecified atom stereocenters. The van der Waals surface area contributed by atoms with Crippen LogP contribution in [-0.4, -0.2) is 28.7 Å². The molecule has 2 nitrogen and oxygen atoms in total. The van der Waals surface area contributed by atoms with Crippen LogP contribution in [0.25, 0.3) is 0 Å². The van der Waals surface area contributed by atoms with E-state index >= 15 is 0 Å². The first-order valence-corrected chi connectivity index (χ1v) is 4.73. The minimum atomic E-state index is -0.122. The van der Waals surface area contributed by atoms with E-state index in [9.17, 15) is 5.11 Å². The lowest BCUT2D eigenvalue weighted by Crippen LogP contribution is -2.57. The first kappa shape index (κ1) is 8.73. The lowest BCUT2D eigenvalue weighted by Gasteiger charge is -2.43. The standard InChI is InChI=1S/C11H15NO/c1-9-11(13)8-12(9)7-10-5-3-2-4-6-10/h2-6,9,11,13H,7-8H2,1H3/t9-,11-/m1/s1. The summed E-state index contributed by atoms with van der Waals surface area (Å²) in [6.07, 6.45) is -0.122. The van der Waals surface area contributed by atoms with E-state index in [4.69, 9.17) is 0 Å². The molecule has 2 atom stereocenters. The number of hydrogen-bond acceptors (Lipinski definition) is 2. The molecule has 2 heteroatoms. The van der Waals surface area contributed by atoms with Gasteiger partial charge in [-0.2, -0.15) is 0 Å². The van der Waals surface area contributed by atoms with Crippen LogP contribution in [0.3, 0.4) is 0 Å². The van der Waals surface area contributed by atoms with Gasteiger partial charge in [0.05, 0.1) is 6.10 Å². The number of rotatable bonds is 2. The molecule has 13 heavy (non-hydrogen) atoms. The van der Waals surface area contributed by atoms with E-state index in [1.54, 1.807) is 0 Å². The topological polar surface area (TPSA) is 23.5 Å². The number of aliphatic hydroxyl groups excluding tert-OH is 1. The number of aliphatic hydroxyl groups is 1. The van der Waals surface area contributed by atoms with Crippen LogP contribution in [0.5, 0.6) is 0 Å². The number of β-amino-alcohol motifs (C(OH)–C–C–N with tert-alkyl or cyclic N) is 1. The van der Waals surface area contributed by atoms with Gasteiger partial charge in [-0.1, -0.05) is 30.3 Å². The van der Waals surface area contributed by atoms with Gasteiger partial charge in [0.1, 0.15) is 0 Å². The van der Waals surface area contributed by atoms with Gasteiger partial charge in [0.2, 0.25) is 0 Å². The molecule has 0 spiro atoms. The third-order valence-electron chi connectivity index (χ3n) is 2.78. The van der Waals surface area contributed by atoms with Gasteiger partial charge in [-0.25, -0.2) is 0 Å². The molecule has 0 radical (unpaired) electrons. The molecule has 0 bridgehead atoms. The highest BCUT2D eigenvalue weighted by Crippen LogP contribution is 2.20. The van der Waals surface area contributed by atoms with Gasteiger partial charge >= 0.3 is 0 Å². The van der Waals surface area contributed by atoms with Gasteiger partial charge in [-0.3, -0.25) is 4.90 Å². The van der Waals surface area contributed by atoms with Crippen LogP contribution in [0.1, 0.15) is 12.5 Å². The Morgan fingerprint density at radius 1 is 1.38 bits per heavy atom. The van der Waals surface area contributed by atoms with E-state index in [-0.39, 0.29) is 6.10 Å². The van der Waals surface area contributed by atoms with E-state index in [0.717, 1.165) is 13.1 Å². The Balaban J connectivity index is 1.93. The van der Waals surface area contributed by atoms with E-state index < -0.39 is 0 Å². The highest BCUT2D eigenvalue weighted by molar-refractivity contribution is 5.15. The Hall–Kier alpha value is -0.860. The zero-order valence-corrected chi connectivity index (χ0v) is 7.85. The van der Waals surface area contributed by atoms with E-state index in [1.807, 2.05) is 6.07 Å². The lowest BCUT2D eigenvalue weighted by molar-refractivity contribution is -0.0571. The maximum atomic E-state index is 9.32. The van der Waals surface area contributed by atoms with Crippen LogP contribution in [0.2, 0.25) is 0 Å². The summed E-state index contributed by atoms with van der Waals surface area (Å²) in [5, 5.41) is 9.32. The van der Waals surface area contributed by atoms with Crippen molar-refractivity contribution in [2.24, 2.45) is 0 Å². The summed E-state index contributed by atoms with van der Waals surface area (Å²) in [6.45, 7) is 3.84. The van der Waals surface area contributed by atoms with Crippen LogP contribution in [-0.2, 0) is 6.54 Å². The zero-order chi connectivity index (χ0) is 9.26. The van der Waals surface area contributed by atoms with Crippen LogP contribution in [0.4, 0.5) is 0 Å². The molecule has 70 valence electrons. The Morgan fingerprint density at radius 3 is 2.62 bits per heavy atom. The fourth-order valence-corrected chi connectivity index (χ4v) is 1.69. The second-order valence-corrected chi connectivity index (χ2v) is 3.72. The Labute approximate surface area is 78.8 Å². The van der Waals surface area contributed by atoms with Crippen molar-refractivity contribution >= 4 is 0 Å². The van der Waals surface area contributed by atoms with Gasteiger partial charge in [-0.15, -0.1) is 0 Å². The Kier molecular flexibility index (Phi) is 2.34. The second kappa shape index (κ2) is 3.48. The number of benzene rings is 1. The van der Waals surface area contributed by atoms with Crippen molar-refractivity contribution in [3.63, 3.8) is 0 Å². The molecule has 2 rings (SSSR count). The van der Waals surface area contributed by atoms with Gasteiger partial charge in [0, 0.05) is 19.1 Å². The normalized spacial score (nSPS) is 28.5. The lowest BCUT2D eigenvalue weighted by atomic mass is 10.0. The fraction of sp³-hybridized carbons (Fsp3) is 0.455. The van der Waals surface area contributed by atoms with Crippen LogP contribution in [0.15, 0.2) is 30.3 Å². The zero-order valence-electron chi connectivity index (χ0n) is 7.85. The third-order valence-corrected chi connectivity index (χ3v) is 2.78. The Morgan fingerprint density at radius 2 is 2.08 bits per heavy atom. The summed E-state index contributed by atoms with van der Waals surface area (Å²) in [5.41, 5.74) is 1.32. The molecule has 0 aliphatic carbocycles. The maximum Gasteiger partial charge on any atom is 0.0819 e. The predicted octanol–water partition coefficient (Wildman–Crippen LogP) is 1.25. The van der Waals surface area contributed by atoms with E-state index in [0.29, 0.717) is 6.04 Å². The smallest absolute Gasteiger partial charge is 0.0819 e. The van der Waals surface area contributed by atoms with Crippen molar-refractivity contribution in [1.29, 1.82) is 0 Å². The largest absolute Gasteiger partial charge is 0.390 e. The van der Waals surface area contributed by atoms with Crippen molar-refractivity contribution < 1.29 is 5.11 Å². The quantitative estimate of drug-likeness (QED) is 0.735. The molecule has 0 amide bonds. The molecule has 0 aromatic heterocycles. The van der Waals surface area contributed by atoms with Crippen molar-refractivity contribution in [1.82, 2.24) is 4.90 Å². The Bertz CT molecular complexity index is 273. The summed E-state index contributed by atoms with van der Waals surface area (Å²) in [4.78, 5) is 2.28. The SMILES string of the molecule is C[C@@H]1[C@H](O)CN1Cc1ccccc1. The first-order chi connectivity index (χ1) is 6.27. The van der Waals surface area contributed by atoms with Crippen LogP contribution < -0.4 is 0 Å². The summed E-state index contributed by atoms with van der Waals surface area (Å²) in [5.74, 6) is 0. The summed E-state index contributed by atoms with van der Waals surface area (Å²) >= 11 is 0. The number of likely N-dealkylation sites (tertiary alicyclic amines) is 1. The van der Waals surface area contributed by atoms with E-state index in [1.165, 1.54) is 5.56 Å². The highest BCUT2D eigenvalue weighted by Gasteiger charge is 2.33. The van der Waals surface area contributed by atoms with Crippen LogP contribution >= 0.6 is 0 Å². The molecule has 1 fully saturated rings. The summed E-state index contributed by atoms with van der Waals surface area (Å²) in [7, 11) is 0.